The maximum atomic E-state index is 12.6. The van der Waals surface area contributed by atoms with Gasteiger partial charge in [-0.3, -0.25) is 0 Å². The van der Waals surface area contributed by atoms with Crippen LogP contribution in [0.5, 0.6) is 0 Å². The van der Waals surface area contributed by atoms with E-state index in [1.807, 2.05) is 0 Å². The fraction of sp³-hybridized carbons (Fsp3) is 0.500. The van der Waals surface area contributed by atoms with Gasteiger partial charge in [-0.15, -0.1) is 0 Å². The van der Waals surface area contributed by atoms with Gasteiger partial charge < -0.3 is 10.4 Å². The van der Waals surface area contributed by atoms with Crippen LogP contribution in [0.4, 0.5) is 18.9 Å². The minimum Gasteiger partial charge on any atom is -0.391 e. The topological polar surface area (TPSA) is 32.3 Å². The molecule has 0 aliphatic heterocycles. The molecule has 1 aliphatic rings. The summed E-state index contributed by atoms with van der Waals surface area (Å²) in [6.45, 7) is 0. The van der Waals surface area contributed by atoms with Crippen molar-refractivity contribution in [3.05, 3.63) is 28.2 Å². The highest BCUT2D eigenvalue weighted by Gasteiger charge is 2.32. The summed E-state index contributed by atoms with van der Waals surface area (Å²) >= 11 is 3.21. The van der Waals surface area contributed by atoms with Crippen LogP contribution in [0.1, 0.15) is 24.8 Å². The van der Waals surface area contributed by atoms with Crippen molar-refractivity contribution in [2.24, 2.45) is 0 Å². The van der Waals surface area contributed by atoms with Crippen molar-refractivity contribution in [3.63, 3.8) is 0 Å². The maximum absolute atomic E-state index is 12.6. The molecule has 0 amide bonds. The summed E-state index contributed by atoms with van der Waals surface area (Å²) in [6.07, 6.45) is -2.51. The molecule has 0 unspecified atom stereocenters. The summed E-state index contributed by atoms with van der Waals surface area (Å²) in [5, 5.41) is 12.6. The van der Waals surface area contributed by atoms with Gasteiger partial charge in [0, 0.05) is 10.2 Å². The van der Waals surface area contributed by atoms with Gasteiger partial charge in [0.15, 0.2) is 0 Å². The third-order valence-electron chi connectivity index (χ3n) is 3.11. The zero-order chi connectivity index (χ0) is 13.3. The van der Waals surface area contributed by atoms with Crippen molar-refractivity contribution >= 4 is 21.6 Å². The lowest BCUT2D eigenvalue weighted by Crippen LogP contribution is -2.28. The van der Waals surface area contributed by atoms with Crippen molar-refractivity contribution in [2.45, 2.75) is 37.6 Å². The van der Waals surface area contributed by atoms with Crippen LogP contribution in [-0.2, 0) is 6.18 Å². The molecule has 2 rings (SSSR count). The highest BCUT2D eigenvalue weighted by Crippen LogP contribution is 2.35. The molecule has 0 bridgehead atoms. The summed E-state index contributed by atoms with van der Waals surface area (Å²) in [5.41, 5.74) is -0.323. The van der Waals surface area contributed by atoms with Crippen molar-refractivity contribution in [3.8, 4) is 0 Å². The Balaban J connectivity index is 2.21. The van der Waals surface area contributed by atoms with Crippen LogP contribution < -0.4 is 5.32 Å². The monoisotopic (exact) mass is 323 g/mol. The standard InChI is InChI=1S/C12H13BrF3NO/c13-8-5-4-7(12(14,15)16)6-10(8)17-9-2-1-3-11(9)18/h4-6,9,11,17-18H,1-3H2/t9-,11-/m0/s1. The first-order chi connectivity index (χ1) is 8.38. The molecule has 6 heteroatoms. The zero-order valence-electron chi connectivity index (χ0n) is 9.47. The number of nitrogens with one attached hydrogen (secondary N) is 1. The molecule has 0 aromatic heterocycles. The maximum Gasteiger partial charge on any atom is 0.416 e. The Hall–Kier alpha value is -0.750. The van der Waals surface area contributed by atoms with Gasteiger partial charge in [-0.1, -0.05) is 0 Å². The SMILES string of the molecule is O[C@H]1CCC[C@@H]1Nc1cc(C(F)(F)F)ccc1Br. The molecular weight excluding hydrogens is 311 g/mol. The number of hydrogen-bond acceptors (Lipinski definition) is 2. The van der Waals surface area contributed by atoms with Crippen molar-refractivity contribution in [1.82, 2.24) is 0 Å². The number of rotatable bonds is 2. The van der Waals surface area contributed by atoms with Gasteiger partial charge in [-0.25, -0.2) is 0 Å². The fourth-order valence-corrected chi connectivity index (χ4v) is 2.48. The van der Waals surface area contributed by atoms with E-state index in [4.69, 9.17) is 0 Å². The molecule has 100 valence electrons. The second-order valence-corrected chi connectivity index (χ2v) is 5.30. The Labute approximate surface area is 111 Å². The van der Waals surface area contributed by atoms with Crippen LogP contribution in [0.25, 0.3) is 0 Å². The van der Waals surface area contributed by atoms with E-state index in [1.165, 1.54) is 6.07 Å². The third kappa shape index (κ3) is 2.98. The van der Waals surface area contributed by atoms with Crippen LogP contribution in [0, 0.1) is 0 Å². The Kier molecular flexibility index (Phi) is 3.87. The van der Waals surface area contributed by atoms with Gasteiger partial charge in [0.05, 0.1) is 17.7 Å². The molecule has 1 fully saturated rings. The van der Waals surface area contributed by atoms with Gasteiger partial charge in [-0.05, 0) is 53.4 Å². The lowest BCUT2D eigenvalue weighted by atomic mass is 10.1. The molecule has 2 atom stereocenters. The van der Waals surface area contributed by atoms with Crippen LogP contribution >= 0.6 is 15.9 Å². The lowest BCUT2D eigenvalue weighted by Gasteiger charge is -2.20. The van der Waals surface area contributed by atoms with Gasteiger partial charge in [0.2, 0.25) is 0 Å². The van der Waals surface area contributed by atoms with E-state index in [2.05, 4.69) is 21.2 Å². The van der Waals surface area contributed by atoms with Crippen molar-refractivity contribution < 1.29 is 18.3 Å². The molecule has 1 aromatic rings. The highest BCUT2D eigenvalue weighted by atomic mass is 79.9. The number of halogens is 4. The molecule has 1 aromatic carbocycles. The molecule has 1 aliphatic carbocycles. The molecule has 18 heavy (non-hydrogen) atoms. The van der Waals surface area contributed by atoms with Gasteiger partial charge >= 0.3 is 6.18 Å². The predicted molar refractivity (Wildman–Crippen MR) is 66.4 cm³/mol. The molecule has 2 N–H and O–H groups in total. The van der Waals surface area contributed by atoms with Crippen LogP contribution in [0.3, 0.4) is 0 Å². The Morgan fingerprint density at radius 1 is 1.28 bits per heavy atom. The van der Waals surface area contributed by atoms with E-state index >= 15 is 0 Å². The molecule has 0 radical (unpaired) electrons. The van der Waals surface area contributed by atoms with E-state index in [0.29, 0.717) is 16.6 Å². The summed E-state index contributed by atoms with van der Waals surface area (Å²) in [5.74, 6) is 0. The number of hydrogen-bond donors (Lipinski definition) is 2. The van der Waals surface area contributed by atoms with Gasteiger partial charge in [-0.2, -0.15) is 13.2 Å². The van der Waals surface area contributed by atoms with Crippen molar-refractivity contribution in [1.29, 1.82) is 0 Å². The molecule has 1 saturated carbocycles. The molecule has 2 nitrogen and oxygen atoms in total. The Bertz CT molecular complexity index is 436. The number of alkyl halides is 3. The van der Waals surface area contributed by atoms with E-state index < -0.39 is 17.8 Å². The van der Waals surface area contributed by atoms with E-state index in [9.17, 15) is 18.3 Å². The normalized spacial score (nSPS) is 24.3. The lowest BCUT2D eigenvalue weighted by molar-refractivity contribution is -0.137. The summed E-state index contributed by atoms with van der Waals surface area (Å²) in [4.78, 5) is 0. The number of aliphatic hydroxyl groups is 1. The first kappa shape index (κ1) is 13.7. The zero-order valence-corrected chi connectivity index (χ0v) is 11.1. The molecule has 0 saturated heterocycles. The highest BCUT2D eigenvalue weighted by molar-refractivity contribution is 9.10. The predicted octanol–water partition coefficient (Wildman–Crippen LogP) is 3.79. The second kappa shape index (κ2) is 5.09. The fourth-order valence-electron chi connectivity index (χ4n) is 2.12. The average molecular weight is 324 g/mol. The first-order valence-electron chi connectivity index (χ1n) is 5.69. The van der Waals surface area contributed by atoms with Crippen LogP contribution in [0.2, 0.25) is 0 Å². The Morgan fingerprint density at radius 3 is 2.56 bits per heavy atom. The summed E-state index contributed by atoms with van der Waals surface area (Å²) < 4.78 is 38.4. The first-order valence-corrected chi connectivity index (χ1v) is 6.48. The smallest absolute Gasteiger partial charge is 0.391 e. The van der Waals surface area contributed by atoms with E-state index in [1.54, 1.807) is 0 Å². The largest absolute Gasteiger partial charge is 0.416 e. The number of anilines is 1. The average Bonchev–Trinajstić information content (AvgIpc) is 2.66. The van der Waals surface area contributed by atoms with Gasteiger partial charge in [0.1, 0.15) is 0 Å². The number of aliphatic hydroxyl groups excluding tert-OH is 1. The molecule has 0 heterocycles. The summed E-state index contributed by atoms with van der Waals surface area (Å²) in [6, 6.07) is 3.28. The van der Waals surface area contributed by atoms with Gasteiger partial charge in [0.25, 0.3) is 0 Å². The second-order valence-electron chi connectivity index (χ2n) is 4.44. The van der Waals surface area contributed by atoms with E-state index in [0.717, 1.165) is 25.0 Å². The molecular formula is C12H13BrF3NO. The minimum absolute atomic E-state index is 0.176. The van der Waals surface area contributed by atoms with E-state index in [-0.39, 0.29) is 6.04 Å². The van der Waals surface area contributed by atoms with Crippen molar-refractivity contribution in [2.75, 3.05) is 5.32 Å². The molecule has 0 spiro atoms. The summed E-state index contributed by atoms with van der Waals surface area (Å²) in [7, 11) is 0. The van der Waals surface area contributed by atoms with Crippen LogP contribution in [-0.4, -0.2) is 17.3 Å². The Morgan fingerprint density at radius 2 is 2.00 bits per heavy atom. The minimum atomic E-state index is -4.36. The van der Waals surface area contributed by atoms with Crippen LogP contribution in [0.15, 0.2) is 22.7 Å². The number of benzene rings is 1. The quantitative estimate of drug-likeness (QED) is 0.867. The third-order valence-corrected chi connectivity index (χ3v) is 3.81.